The number of rotatable bonds is 6. The molecule has 7 heteroatoms. The lowest BCUT2D eigenvalue weighted by Gasteiger charge is -2.30. The zero-order chi connectivity index (χ0) is 19.1. The van der Waals surface area contributed by atoms with Crippen LogP contribution in [0.5, 0.6) is 0 Å². The van der Waals surface area contributed by atoms with Crippen molar-refractivity contribution in [1.29, 1.82) is 0 Å². The molecule has 0 saturated heterocycles. The number of hydrogen-bond acceptors (Lipinski definition) is 4. The van der Waals surface area contributed by atoms with Gasteiger partial charge in [-0.05, 0) is 39.0 Å². The maximum atomic E-state index is 12.3. The first-order valence-electron chi connectivity index (χ1n) is 9.62. The van der Waals surface area contributed by atoms with E-state index in [1.54, 1.807) is 7.05 Å². The molecule has 26 heavy (non-hydrogen) atoms. The van der Waals surface area contributed by atoms with Crippen molar-refractivity contribution in [3.63, 3.8) is 0 Å². The van der Waals surface area contributed by atoms with Crippen molar-refractivity contribution < 1.29 is 9.32 Å². The predicted molar refractivity (Wildman–Crippen MR) is 103 cm³/mol. The van der Waals surface area contributed by atoms with E-state index in [4.69, 9.17) is 4.52 Å². The van der Waals surface area contributed by atoms with E-state index in [2.05, 4.69) is 39.9 Å². The summed E-state index contributed by atoms with van der Waals surface area (Å²) in [6.45, 7) is 8.70. The van der Waals surface area contributed by atoms with E-state index in [1.165, 1.54) is 0 Å². The predicted octanol–water partition coefficient (Wildman–Crippen LogP) is 2.55. The van der Waals surface area contributed by atoms with Crippen molar-refractivity contribution in [1.82, 2.24) is 21.1 Å². The molecule has 1 fully saturated rings. The molecular formula is C19H33N5O2. The van der Waals surface area contributed by atoms with Crippen molar-refractivity contribution in [2.24, 2.45) is 10.9 Å². The van der Waals surface area contributed by atoms with E-state index >= 15 is 0 Å². The number of aliphatic imine (C=N–C) groups is 1. The van der Waals surface area contributed by atoms with Gasteiger partial charge in [0, 0.05) is 31.1 Å². The second kappa shape index (κ2) is 9.59. The molecule has 1 aliphatic rings. The highest BCUT2D eigenvalue weighted by Gasteiger charge is 2.28. The lowest BCUT2D eigenvalue weighted by atomic mass is 9.85. The molecule has 0 aromatic carbocycles. The zero-order valence-corrected chi connectivity index (χ0v) is 16.6. The summed E-state index contributed by atoms with van der Waals surface area (Å²) < 4.78 is 5.35. The van der Waals surface area contributed by atoms with Crippen LogP contribution in [0.15, 0.2) is 15.6 Å². The number of nitrogens with zero attached hydrogens (tertiary/aromatic N) is 2. The fourth-order valence-electron chi connectivity index (χ4n) is 3.20. The molecule has 0 spiro atoms. The molecule has 0 bridgehead atoms. The van der Waals surface area contributed by atoms with Crippen LogP contribution in [0, 0.1) is 5.92 Å². The Hall–Kier alpha value is -2.05. The van der Waals surface area contributed by atoms with Crippen molar-refractivity contribution in [3.8, 4) is 0 Å². The lowest BCUT2D eigenvalue weighted by molar-refractivity contribution is -0.126. The Morgan fingerprint density at radius 3 is 2.73 bits per heavy atom. The quantitative estimate of drug-likeness (QED) is 0.534. The van der Waals surface area contributed by atoms with Crippen LogP contribution in [-0.4, -0.2) is 36.2 Å². The zero-order valence-electron chi connectivity index (χ0n) is 16.6. The van der Waals surface area contributed by atoms with Crippen LogP contribution >= 0.6 is 0 Å². The molecule has 7 nitrogen and oxygen atoms in total. The monoisotopic (exact) mass is 363 g/mol. The van der Waals surface area contributed by atoms with Gasteiger partial charge in [0.15, 0.2) is 11.7 Å². The maximum Gasteiger partial charge on any atom is 0.223 e. The van der Waals surface area contributed by atoms with Gasteiger partial charge in [0.05, 0.1) is 12.2 Å². The minimum Gasteiger partial charge on any atom is -0.359 e. The summed E-state index contributed by atoms with van der Waals surface area (Å²) in [6, 6.07) is 2.40. The van der Waals surface area contributed by atoms with Gasteiger partial charge in [0.2, 0.25) is 5.91 Å². The average Bonchev–Trinajstić information content (AvgIpc) is 3.07. The minimum atomic E-state index is 0.0737. The highest BCUT2D eigenvalue weighted by Crippen LogP contribution is 2.24. The Balaban J connectivity index is 1.83. The van der Waals surface area contributed by atoms with E-state index < -0.39 is 0 Å². The van der Waals surface area contributed by atoms with Gasteiger partial charge in [-0.1, -0.05) is 25.4 Å². The molecule has 146 valence electrons. The fourth-order valence-corrected chi connectivity index (χ4v) is 3.20. The molecule has 2 rings (SSSR count). The second-order valence-electron chi connectivity index (χ2n) is 7.67. The molecule has 1 amide bonds. The Kier molecular flexibility index (Phi) is 7.48. The van der Waals surface area contributed by atoms with Gasteiger partial charge in [-0.2, -0.15) is 0 Å². The van der Waals surface area contributed by atoms with E-state index in [-0.39, 0.29) is 23.9 Å². The summed E-state index contributed by atoms with van der Waals surface area (Å²) in [6.07, 6.45) is 3.88. The molecule has 1 aromatic rings. The smallest absolute Gasteiger partial charge is 0.223 e. The number of aromatic nitrogens is 1. The van der Waals surface area contributed by atoms with Crippen LogP contribution in [0.2, 0.25) is 0 Å². The maximum absolute atomic E-state index is 12.3. The number of nitrogens with one attached hydrogen (secondary N) is 3. The number of hydrogen-bond donors (Lipinski definition) is 3. The first-order valence-corrected chi connectivity index (χ1v) is 9.62. The van der Waals surface area contributed by atoms with Crippen molar-refractivity contribution in [2.45, 2.75) is 77.9 Å². The molecule has 1 heterocycles. The first-order chi connectivity index (χ1) is 12.4. The molecule has 1 saturated carbocycles. The van der Waals surface area contributed by atoms with E-state index in [0.29, 0.717) is 12.5 Å². The number of guanidine groups is 1. The number of carbonyl (C=O) groups excluding carboxylic acids is 1. The van der Waals surface area contributed by atoms with E-state index in [0.717, 1.165) is 43.1 Å². The van der Waals surface area contributed by atoms with Gasteiger partial charge in [0.25, 0.3) is 0 Å². The molecule has 1 aliphatic carbocycles. The summed E-state index contributed by atoms with van der Waals surface area (Å²) in [5.41, 5.74) is 0.955. The van der Waals surface area contributed by atoms with Gasteiger partial charge in [-0.15, -0.1) is 0 Å². The standard InChI is InChI=1S/C19H33N5O2/c1-12(2)17-10-16(26-24-17)11-21-19(20-5)23-15-8-6-7-14(9-15)18(25)22-13(3)4/h10,12-15H,6-9,11H2,1-5H3,(H,22,25)(H2,20,21,23). The first kappa shape index (κ1) is 20.3. The SMILES string of the molecule is CN=C(NCc1cc(C(C)C)no1)NC1CCCC(C(=O)NC(C)C)C1. The highest BCUT2D eigenvalue weighted by molar-refractivity contribution is 5.81. The summed E-state index contributed by atoms with van der Waals surface area (Å²) in [5, 5.41) is 13.8. The molecule has 0 aliphatic heterocycles. The van der Waals surface area contributed by atoms with Crippen molar-refractivity contribution >= 4 is 11.9 Å². The van der Waals surface area contributed by atoms with Crippen LogP contribution in [-0.2, 0) is 11.3 Å². The van der Waals surface area contributed by atoms with Gasteiger partial charge in [-0.3, -0.25) is 9.79 Å². The normalized spacial score (nSPS) is 21.1. The van der Waals surface area contributed by atoms with Crippen LogP contribution in [0.1, 0.15) is 70.8 Å². The summed E-state index contributed by atoms with van der Waals surface area (Å²) in [5.74, 6) is 2.10. The molecular weight excluding hydrogens is 330 g/mol. The van der Waals surface area contributed by atoms with Crippen molar-refractivity contribution in [2.75, 3.05) is 7.05 Å². The third kappa shape index (κ3) is 6.04. The van der Waals surface area contributed by atoms with E-state index in [1.807, 2.05) is 19.9 Å². The topological polar surface area (TPSA) is 91.6 Å². The van der Waals surface area contributed by atoms with Gasteiger partial charge >= 0.3 is 0 Å². The van der Waals surface area contributed by atoms with Gasteiger partial charge in [0.1, 0.15) is 0 Å². The molecule has 2 atom stereocenters. The summed E-state index contributed by atoms with van der Waals surface area (Å²) in [7, 11) is 1.75. The van der Waals surface area contributed by atoms with Crippen LogP contribution in [0.4, 0.5) is 0 Å². The van der Waals surface area contributed by atoms with Crippen LogP contribution < -0.4 is 16.0 Å². The van der Waals surface area contributed by atoms with E-state index in [9.17, 15) is 4.79 Å². The molecule has 3 N–H and O–H groups in total. The Labute approximate surface area is 156 Å². The molecule has 2 unspecified atom stereocenters. The second-order valence-corrected chi connectivity index (χ2v) is 7.67. The Morgan fingerprint density at radius 1 is 1.35 bits per heavy atom. The van der Waals surface area contributed by atoms with Gasteiger partial charge < -0.3 is 20.5 Å². The minimum absolute atomic E-state index is 0.0737. The lowest BCUT2D eigenvalue weighted by Crippen LogP contribution is -2.47. The Morgan fingerprint density at radius 2 is 2.12 bits per heavy atom. The largest absolute Gasteiger partial charge is 0.359 e. The number of carbonyl (C=O) groups is 1. The average molecular weight is 364 g/mol. The fraction of sp³-hybridized carbons (Fsp3) is 0.737. The van der Waals surface area contributed by atoms with Crippen molar-refractivity contribution in [3.05, 3.63) is 17.5 Å². The number of amides is 1. The third-order valence-corrected chi connectivity index (χ3v) is 4.64. The molecule has 1 aromatic heterocycles. The Bertz CT molecular complexity index is 609. The molecule has 0 radical (unpaired) electrons. The summed E-state index contributed by atoms with van der Waals surface area (Å²) >= 11 is 0. The van der Waals surface area contributed by atoms with Crippen LogP contribution in [0.25, 0.3) is 0 Å². The third-order valence-electron chi connectivity index (χ3n) is 4.64. The summed E-state index contributed by atoms with van der Waals surface area (Å²) in [4.78, 5) is 16.6. The van der Waals surface area contributed by atoms with Gasteiger partial charge in [-0.25, -0.2) is 0 Å². The van der Waals surface area contributed by atoms with Crippen LogP contribution in [0.3, 0.4) is 0 Å². The highest BCUT2D eigenvalue weighted by atomic mass is 16.5.